The molecule has 138 valence electrons. The Morgan fingerprint density at radius 1 is 0.962 bits per heavy atom. The summed E-state index contributed by atoms with van der Waals surface area (Å²) in [7, 11) is 0. The molecule has 3 unspecified atom stereocenters. The average molecular weight is 351 g/mol. The molecule has 0 bridgehead atoms. The topological polar surface area (TPSA) is 33.3 Å². The standard InChI is InChI=1S/C23H30N2O/c1-3-8-18(9-4-1)21(19-10-5-2-6-11-19)16-25-22-13-7-12-20(22)23-17-26-15-14-24-23/h1-6,8-11,20-25H,7,12-17H2. The first-order valence-electron chi connectivity index (χ1n) is 10.1. The Morgan fingerprint density at radius 3 is 2.27 bits per heavy atom. The molecule has 1 aliphatic heterocycles. The van der Waals surface area contributed by atoms with Crippen molar-refractivity contribution < 1.29 is 4.74 Å². The highest BCUT2D eigenvalue weighted by molar-refractivity contribution is 5.32. The van der Waals surface area contributed by atoms with Gasteiger partial charge in [0.15, 0.2) is 0 Å². The van der Waals surface area contributed by atoms with Crippen LogP contribution < -0.4 is 10.6 Å². The SMILES string of the molecule is c1ccc(C(CNC2CCCC2C2COCCN2)c2ccccc2)cc1. The third-order valence-corrected chi connectivity index (χ3v) is 6.02. The van der Waals surface area contributed by atoms with Gasteiger partial charge in [0.2, 0.25) is 0 Å². The van der Waals surface area contributed by atoms with Crippen molar-refractivity contribution in [2.45, 2.75) is 37.3 Å². The highest BCUT2D eigenvalue weighted by atomic mass is 16.5. The monoisotopic (exact) mass is 350 g/mol. The van der Waals surface area contributed by atoms with Gasteiger partial charge in [-0.2, -0.15) is 0 Å². The Balaban J connectivity index is 1.46. The number of ether oxygens (including phenoxy) is 1. The van der Waals surface area contributed by atoms with Crippen molar-refractivity contribution in [1.29, 1.82) is 0 Å². The quantitative estimate of drug-likeness (QED) is 0.836. The molecule has 0 aromatic heterocycles. The number of hydrogen-bond donors (Lipinski definition) is 2. The van der Waals surface area contributed by atoms with E-state index in [-0.39, 0.29) is 0 Å². The van der Waals surface area contributed by atoms with E-state index in [0.29, 0.717) is 23.9 Å². The van der Waals surface area contributed by atoms with Gasteiger partial charge in [-0.25, -0.2) is 0 Å². The van der Waals surface area contributed by atoms with Crippen molar-refractivity contribution in [3.8, 4) is 0 Å². The molecule has 1 saturated heterocycles. The molecule has 2 fully saturated rings. The van der Waals surface area contributed by atoms with Crippen molar-refractivity contribution >= 4 is 0 Å². The van der Waals surface area contributed by atoms with Crippen molar-refractivity contribution in [1.82, 2.24) is 10.6 Å². The summed E-state index contributed by atoms with van der Waals surface area (Å²) in [6, 6.07) is 22.9. The predicted octanol–water partition coefficient (Wildman–Crippen LogP) is 3.57. The van der Waals surface area contributed by atoms with Gasteiger partial charge in [0.1, 0.15) is 0 Å². The summed E-state index contributed by atoms with van der Waals surface area (Å²) < 4.78 is 5.72. The van der Waals surface area contributed by atoms with Gasteiger partial charge in [-0.1, -0.05) is 67.1 Å². The third-order valence-electron chi connectivity index (χ3n) is 6.02. The van der Waals surface area contributed by atoms with E-state index in [1.165, 1.54) is 30.4 Å². The van der Waals surface area contributed by atoms with Crippen LogP contribution in [0.5, 0.6) is 0 Å². The summed E-state index contributed by atoms with van der Waals surface area (Å²) in [5.74, 6) is 1.08. The minimum atomic E-state index is 0.397. The van der Waals surface area contributed by atoms with Gasteiger partial charge in [0, 0.05) is 31.1 Å². The molecule has 2 N–H and O–H groups in total. The molecule has 2 aromatic carbocycles. The number of rotatable bonds is 6. The van der Waals surface area contributed by atoms with Gasteiger partial charge in [-0.15, -0.1) is 0 Å². The Morgan fingerprint density at radius 2 is 1.65 bits per heavy atom. The maximum absolute atomic E-state index is 5.72. The molecule has 1 aliphatic carbocycles. The van der Waals surface area contributed by atoms with Crippen molar-refractivity contribution in [2.75, 3.05) is 26.3 Å². The van der Waals surface area contributed by atoms with Crippen molar-refractivity contribution in [3.63, 3.8) is 0 Å². The van der Waals surface area contributed by atoms with Crippen LogP contribution in [-0.2, 0) is 4.74 Å². The summed E-state index contributed by atoms with van der Waals surface area (Å²) in [4.78, 5) is 0. The summed E-state index contributed by atoms with van der Waals surface area (Å²) in [6.45, 7) is 3.70. The number of nitrogens with one attached hydrogen (secondary N) is 2. The van der Waals surface area contributed by atoms with Crippen LogP contribution in [0, 0.1) is 5.92 Å². The predicted molar refractivity (Wildman–Crippen MR) is 106 cm³/mol. The molecule has 3 atom stereocenters. The van der Waals surface area contributed by atoms with E-state index in [1.54, 1.807) is 0 Å². The first kappa shape index (κ1) is 17.7. The normalized spacial score (nSPS) is 26.3. The fraction of sp³-hybridized carbons (Fsp3) is 0.478. The summed E-state index contributed by atoms with van der Waals surface area (Å²) in [6.07, 6.45) is 3.90. The van der Waals surface area contributed by atoms with Crippen LogP contribution in [0.2, 0.25) is 0 Å². The van der Waals surface area contributed by atoms with E-state index >= 15 is 0 Å². The molecule has 2 aromatic rings. The molecule has 26 heavy (non-hydrogen) atoms. The summed E-state index contributed by atoms with van der Waals surface area (Å²) in [5.41, 5.74) is 2.78. The zero-order chi connectivity index (χ0) is 17.6. The van der Waals surface area contributed by atoms with E-state index in [1.807, 2.05) is 0 Å². The molecule has 3 heteroatoms. The molecule has 1 heterocycles. The number of hydrogen-bond acceptors (Lipinski definition) is 3. The van der Waals surface area contributed by atoms with Crippen molar-refractivity contribution in [2.24, 2.45) is 5.92 Å². The molecular formula is C23H30N2O. The fourth-order valence-corrected chi connectivity index (χ4v) is 4.65. The lowest BCUT2D eigenvalue weighted by Crippen LogP contribution is -2.51. The smallest absolute Gasteiger partial charge is 0.0623 e. The highest BCUT2D eigenvalue weighted by Crippen LogP contribution is 2.31. The average Bonchev–Trinajstić information content (AvgIpc) is 3.19. The molecular weight excluding hydrogens is 320 g/mol. The summed E-state index contributed by atoms with van der Waals surface area (Å²) >= 11 is 0. The lowest BCUT2D eigenvalue weighted by atomic mass is 9.89. The second kappa shape index (κ2) is 8.81. The zero-order valence-corrected chi connectivity index (χ0v) is 15.4. The van der Waals surface area contributed by atoms with Gasteiger partial charge in [0.05, 0.1) is 13.2 Å². The minimum absolute atomic E-state index is 0.397. The van der Waals surface area contributed by atoms with Crippen LogP contribution in [0.4, 0.5) is 0 Å². The van der Waals surface area contributed by atoms with Crippen molar-refractivity contribution in [3.05, 3.63) is 71.8 Å². The highest BCUT2D eigenvalue weighted by Gasteiger charge is 2.34. The first-order chi connectivity index (χ1) is 12.9. The van der Waals surface area contributed by atoms with Gasteiger partial charge in [-0.05, 0) is 29.9 Å². The molecule has 4 rings (SSSR count). The largest absolute Gasteiger partial charge is 0.379 e. The van der Waals surface area contributed by atoms with E-state index in [0.717, 1.165) is 26.3 Å². The summed E-state index contributed by atoms with van der Waals surface area (Å²) in [5, 5.41) is 7.61. The van der Waals surface area contributed by atoms with Gasteiger partial charge in [0.25, 0.3) is 0 Å². The van der Waals surface area contributed by atoms with E-state index < -0.39 is 0 Å². The maximum Gasteiger partial charge on any atom is 0.0623 e. The Bertz CT molecular complexity index is 615. The maximum atomic E-state index is 5.72. The molecule has 0 amide bonds. The second-order valence-electron chi connectivity index (χ2n) is 7.62. The molecule has 1 saturated carbocycles. The zero-order valence-electron chi connectivity index (χ0n) is 15.4. The lowest BCUT2D eigenvalue weighted by Gasteiger charge is -2.33. The van der Waals surface area contributed by atoms with E-state index in [4.69, 9.17) is 4.74 Å². The first-order valence-corrected chi connectivity index (χ1v) is 10.1. The molecule has 2 aliphatic rings. The second-order valence-corrected chi connectivity index (χ2v) is 7.62. The molecule has 0 spiro atoms. The van der Waals surface area contributed by atoms with Crippen LogP contribution in [0.25, 0.3) is 0 Å². The minimum Gasteiger partial charge on any atom is -0.379 e. The lowest BCUT2D eigenvalue weighted by molar-refractivity contribution is 0.0525. The molecule has 0 radical (unpaired) electrons. The Hall–Kier alpha value is -1.68. The van der Waals surface area contributed by atoms with Crippen LogP contribution in [-0.4, -0.2) is 38.4 Å². The van der Waals surface area contributed by atoms with E-state index in [2.05, 4.69) is 71.3 Å². The van der Waals surface area contributed by atoms with Crippen LogP contribution in [0.15, 0.2) is 60.7 Å². The van der Waals surface area contributed by atoms with E-state index in [9.17, 15) is 0 Å². The van der Waals surface area contributed by atoms with Gasteiger partial charge < -0.3 is 15.4 Å². The fourth-order valence-electron chi connectivity index (χ4n) is 4.65. The molecule has 3 nitrogen and oxygen atoms in total. The van der Waals surface area contributed by atoms with Crippen LogP contribution in [0.1, 0.15) is 36.3 Å². The Labute approximate surface area is 157 Å². The van der Waals surface area contributed by atoms with Gasteiger partial charge in [-0.3, -0.25) is 0 Å². The Kier molecular flexibility index (Phi) is 6.00. The third kappa shape index (κ3) is 4.17. The number of morpholine rings is 1. The number of benzene rings is 2. The van der Waals surface area contributed by atoms with Gasteiger partial charge >= 0.3 is 0 Å². The van der Waals surface area contributed by atoms with Crippen LogP contribution in [0.3, 0.4) is 0 Å². The van der Waals surface area contributed by atoms with Crippen LogP contribution >= 0.6 is 0 Å².